The maximum absolute atomic E-state index is 11.7. The van der Waals surface area contributed by atoms with Crippen molar-refractivity contribution >= 4 is 5.91 Å². The number of nitrogens with one attached hydrogen (secondary N) is 2. The van der Waals surface area contributed by atoms with Gasteiger partial charge in [0.05, 0.1) is 0 Å². The minimum atomic E-state index is 0.263. The molecule has 0 aromatic carbocycles. The van der Waals surface area contributed by atoms with Crippen LogP contribution in [0.4, 0.5) is 0 Å². The summed E-state index contributed by atoms with van der Waals surface area (Å²) in [5, 5.41) is 6.64. The predicted octanol–water partition coefficient (Wildman–Crippen LogP) is 1.97. The maximum Gasteiger partial charge on any atom is 0.220 e. The van der Waals surface area contributed by atoms with Crippen LogP contribution < -0.4 is 10.6 Å². The lowest BCUT2D eigenvalue weighted by atomic mass is 10.0. The molecular weight excluding hydrogens is 200 g/mol. The van der Waals surface area contributed by atoms with Gasteiger partial charge in [0.25, 0.3) is 0 Å². The zero-order valence-electron chi connectivity index (χ0n) is 10.1. The first-order valence-electron chi connectivity index (χ1n) is 6.87. The van der Waals surface area contributed by atoms with Crippen molar-refractivity contribution in [2.45, 2.75) is 69.9 Å². The average Bonchev–Trinajstić information content (AvgIpc) is 2.81. The van der Waals surface area contributed by atoms with Gasteiger partial charge in [0.2, 0.25) is 5.91 Å². The van der Waals surface area contributed by atoms with Gasteiger partial charge in [-0.2, -0.15) is 0 Å². The van der Waals surface area contributed by atoms with Gasteiger partial charge in [-0.15, -0.1) is 0 Å². The summed E-state index contributed by atoms with van der Waals surface area (Å²) in [5.41, 5.74) is 0. The third-order valence-electron chi connectivity index (χ3n) is 3.85. The summed E-state index contributed by atoms with van der Waals surface area (Å²) in [4.78, 5) is 11.7. The van der Waals surface area contributed by atoms with Crippen LogP contribution in [-0.4, -0.2) is 24.5 Å². The molecule has 2 aliphatic rings. The summed E-state index contributed by atoms with van der Waals surface area (Å²) in [6.07, 6.45) is 10.5. The fraction of sp³-hybridized carbons (Fsp3) is 0.923. The highest BCUT2D eigenvalue weighted by Crippen LogP contribution is 2.18. The van der Waals surface area contributed by atoms with Gasteiger partial charge in [-0.1, -0.05) is 19.3 Å². The summed E-state index contributed by atoms with van der Waals surface area (Å²) in [6, 6.07) is 1.06. The zero-order chi connectivity index (χ0) is 11.2. The largest absolute Gasteiger partial charge is 0.353 e. The van der Waals surface area contributed by atoms with Gasteiger partial charge in [-0.3, -0.25) is 4.79 Å². The van der Waals surface area contributed by atoms with Crippen molar-refractivity contribution in [2.75, 3.05) is 6.54 Å². The van der Waals surface area contributed by atoms with Crippen LogP contribution in [0.1, 0.15) is 57.8 Å². The molecule has 1 unspecified atom stereocenters. The smallest absolute Gasteiger partial charge is 0.220 e. The lowest BCUT2D eigenvalue weighted by Crippen LogP contribution is -2.37. The maximum atomic E-state index is 11.7. The first kappa shape index (κ1) is 11.9. The monoisotopic (exact) mass is 224 g/mol. The van der Waals surface area contributed by atoms with Gasteiger partial charge in [-0.25, -0.2) is 0 Å². The highest BCUT2D eigenvalue weighted by atomic mass is 16.1. The number of carbonyl (C=O) groups excluding carboxylic acids is 1. The van der Waals surface area contributed by atoms with Crippen molar-refractivity contribution in [2.24, 2.45) is 0 Å². The number of rotatable bonds is 4. The van der Waals surface area contributed by atoms with Crippen molar-refractivity contribution < 1.29 is 4.79 Å². The first-order valence-corrected chi connectivity index (χ1v) is 6.87. The molecule has 0 aromatic heterocycles. The van der Waals surface area contributed by atoms with Gasteiger partial charge < -0.3 is 10.6 Å². The van der Waals surface area contributed by atoms with Crippen molar-refractivity contribution in [3.63, 3.8) is 0 Å². The van der Waals surface area contributed by atoms with E-state index < -0.39 is 0 Å². The molecule has 0 bridgehead atoms. The van der Waals surface area contributed by atoms with E-state index in [1.54, 1.807) is 0 Å². The van der Waals surface area contributed by atoms with Crippen LogP contribution in [0.3, 0.4) is 0 Å². The van der Waals surface area contributed by atoms with E-state index in [0.29, 0.717) is 18.5 Å². The highest BCUT2D eigenvalue weighted by molar-refractivity contribution is 5.76. The van der Waals surface area contributed by atoms with Crippen LogP contribution in [0, 0.1) is 0 Å². The highest BCUT2D eigenvalue weighted by Gasteiger charge is 2.18. The molecular formula is C13H24N2O. The van der Waals surface area contributed by atoms with Crippen LogP contribution in [0.2, 0.25) is 0 Å². The van der Waals surface area contributed by atoms with Crippen molar-refractivity contribution in [3.05, 3.63) is 0 Å². The lowest BCUT2D eigenvalue weighted by Gasteiger charge is -2.23. The van der Waals surface area contributed by atoms with E-state index in [1.165, 1.54) is 44.9 Å². The predicted molar refractivity (Wildman–Crippen MR) is 65.3 cm³/mol. The van der Waals surface area contributed by atoms with Crippen molar-refractivity contribution in [3.8, 4) is 0 Å². The molecule has 3 heteroatoms. The Morgan fingerprint density at radius 1 is 1.12 bits per heavy atom. The molecule has 0 spiro atoms. The summed E-state index contributed by atoms with van der Waals surface area (Å²) in [5.74, 6) is 0.263. The Morgan fingerprint density at radius 2 is 1.88 bits per heavy atom. The van der Waals surface area contributed by atoms with Crippen LogP contribution in [0.15, 0.2) is 0 Å². The Bertz CT molecular complexity index is 218. The fourth-order valence-electron chi connectivity index (χ4n) is 2.85. The molecule has 2 fully saturated rings. The van der Waals surface area contributed by atoms with Gasteiger partial charge in [-0.05, 0) is 38.6 Å². The van der Waals surface area contributed by atoms with E-state index in [9.17, 15) is 4.79 Å². The van der Waals surface area contributed by atoms with Gasteiger partial charge in [0, 0.05) is 18.5 Å². The molecule has 2 N–H and O–H groups in total. The summed E-state index contributed by atoms with van der Waals surface area (Å²) in [7, 11) is 0. The van der Waals surface area contributed by atoms with Crippen LogP contribution in [-0.2, 0) is 4.79 Å². The molecule has 1 aliphatic carbocycles. The first-order chi connectivity index (χ1) is 7.84. The molecule has 1 amide bonds. The molecule has 0 aromatic rings. The second-order valence-corrected chi connectivity index (χ2v) is 5.23. The van der Waals surface area contributed by atoms with Crippen LogP contribution in [0.5, 0.6) is 0 Å². The summed E-state index contributed by atoms with van der Waals surface area (Å²) < 4.78 is 0. The van der Waals surface area contributed by atoms with Crippen LogP contribution >= 0.6 is 0 Å². The Labute approximate surface area is 98.4 Å². The molecule has 1 heterocycles. The van der Waals surface area contributed by atoms with Crippen molar-refractivity contribution in [1.29, 1.82) is 0 Å². The molecule has 0 radical (unpaired) electrons. The van der Waals surface area contributed by atoms with E-state index in [0.717, 1.165) is 13.0 Å². The van der Waals surface area contributed by atoms with Gasteiger partial charge in [0.15, 0.2) is 0 Å². The number of hydrogen-bond acceptors (Lipinski definition) is 2. The lowest BCUT2D eigenvalue weighted by molar-refractivity contribution is -0.122. The molecule has 92 valence electrons. The quantitative estimate of drug-likeness (QED) is 0.766. The average molecular weight is 224 g/mol. The molecule has 1 saturated carbocycles. The molecule has 2 rings (SSSR count). The Hall–Kier alpha value is -0.570. The van der Waals surface area contributed by atoms with Crippen LogP contribution in [0.25, 0.3) is 0 Å². The molecule has 16 heavy (non-hydrogen) atoms. The molecule has 1 aliphatic heterocycles. The standard InChI is InChI=1S/C13H24N2O/c16-13(15-12-6-1-2-7-12)9-8-11-5-3-4-10-14-11/h11-12,14H,1-10H2,(H,15,16). The van der Waals surface area contributed by atoms with E-state index in [1.807, 2.05) is 0 Å². The molecule has 1 atom stereocenters. The van der Waals surface area contributed by atoms with E-state index in [-0.39, 0.29) is 5.91 Å². The minimum Gasteiger partial charge on any atom is -0.353 e. The number of piperidine rings is 1. The van der Waals surface area contributed by atoms with E-state index in [4.69, 9.17) is 0 Å². The Balaban J connectivity index is 1.59. The van der Waals surface area contributed by atoms with E-state index in [2.05, 4.69) is 10.6 Å². The van der Waals surface area contributed by atoms with E-state index >= 15 is 0 Å². The minimum absolute atomic E-state index is 0.263. The molecule has 3 nitrogen and oxygen atoms in total. The zero-order valence-corrected chi connectivity index (χ0v) is 10.1. The normalized spacial score (nSPS) is 26.9. The molecule has 1 saturated heterocycles. The van der Waals surface area contributed by atoms with Crippen molar-refractivity contribution in [1.82, 2.24) is 10.6 Å². The Morgan fingerprint density at radius 3 is 2.56 bits per heavy atom. The summed E-state index contributed by atoms with van der Waals surface area (Å²) >= 11 is 0. The third-order valence-corrected chi connectivity index (χ3v) is 3.85. The third kappa shape index (κ3) is 3.78. The number of amides is 1. The summed E-state index contributed by atoms with van der Waals surface area (Å²) in [6.45, 7) is 1.13. The fourth-order valence-corrected chi connectivity index (χ4v) is 2.85. The number of carbonyl (C=O) groups is 1. The second kappa shape index (κ2) is 6.24. The Kier molecular flexibility index (Phi) is 4.64. The van der Waals surface area contributed by atoms with Gasteiger partial charge in [0.1, 0.15) is 0 Å². The SMILES string of the molecule is O=C(CCC1CCCCN1)NC1CCCC1. The topological polar surface area (TPSA) is 41.1 Å². The number of hydrogen-bond donors (Lipinski definition) is 2. The second-order valence-electron chi connectivity index (χ2n) is 5.23. The van der Waals surface area contributed by atoms with Gasteiger partial charge >= 0.3 is 0 Å².